The van der Waals surface area contributed by atoms with Crippen molar-refractivity contribution in [2.24, 2.45) is 0 Å². The van der Waals surface area contributed by atoms with Crippen molar-refractivity contribution < 1.29 is 14.0 Å². The molecule has 1 aliphatic rings. The Hall–Kier alpha value is -2.76. The highest BCUT2D eigenvalue weighted by Crippen LogP contribution is 2.22. The first-order chi connectivity index (χ1) is 11.2. The van der Waals surface area contributed by atoms with Crippen molar-refractivity contribution >= 4 is 17.9 Å². The van der Waals surface area contributed by atoms with Gasteiger partial charge in [0.2, 0.25) is 5.91 Å². The third-order valence-electron chi connectivity index (χ3n) is 3.81. The van der Waals surface area contributed by atoms with E-state index in [1.54, 1.807) is 12.3 Å². The molecule has 6 nitrogen and oxygen atoms in total. The van der Waals surface area contributed by atoms with Crippen LogP contribution in [-0.4, -0.2) is 22.9 Å². The molecule has 2 N–H and O–H groups in total. The molecule has 1 aliphatic heterocycles. The predicted octanol–water partition coefficient (Wildman–Crippen LogP) is 2.11. The Morgan fingerprint density at radius 2 is 2.43 bits per heavy atom. The third kappa shape index (κ3) is 3.36. The Labute approximate surface area is 134 Å². The van der Waals surface area contributed by atoms with Crippen molar-refractivity contribution in [3.63, 3.8) is 0 Å². The highest BCUT2D eigenvalue weighted by molar-refractivity contribution is 5.94. The smallest absolute Gasteiger partial charge is 0.268 e. The lowest BCUT2D eigenvalue weighted by atomic mass is 10.1. The van der Waals surface area contributed by atoms with Gasteiger partial charge < -0.3 is 19.6 Å². The second kappa shape index (κ2) is 6.56. The summed E-state index contributed by atoms with van der Waals surface area (Å²) in [6.45, 7) is 2.74. The molecule has 6 heteroatoms. The normalized spacial score (nSPS) is 17.1. The number of carbonyl (C=O) groups is 2. The number of carbonyl (C=O) groups excluding carboxylic acids is 2. The van der Waals surface area contributed by atoms with Gasteiger partial charge in [0, 0.05) is 19.2 Å². The molecule has 2 aromatic rings. The van der Waals surface area contributed by atoms with Crippen LogP contribution in [0.25, 0.3) is 6.08 Å². The average molecular weight is 313 g/mol. The molecule has 1 atom stereocenters. The molecule has 0 saturated carbocycles. The Kier molecular flexibility index (Phi) is 4.32. The quantitative estimate of drug-likeness (QED) is 0.887. The summed E-state index contributed by atoms with van der Waals surface area (Å²) in [7, 11) is 0. The third-order valence-corrected chi connectivity index (χ3v) is 3.81. The first-order valence-corrected chi connectivity index (χ1v) is 7.59. The van der Waals surface area contributed by atoms with E-state index in [-0.39, 0.29) is 17.9 Å². The second-order valence-corrected chi connectivity index (χ2v) is 5.49. The van der Waals surface area contributed by atoms with E-state index in [2.05, 4.69) is 10.6 Å². The minimum Gasteiger partial charge on any atom is -0.467 e. The van der Waals surface area contributed by atoms with Crippen molar-refractivity contribution in [2.75, 3.05) is 6.54 Å². The minimum atomic E-state index is -0.104. The van der Waals surface area contributed by atoms with Gasteiger partial charge in [-0.3, -0.25) is 9.59 Å². The number of nitrogens with one attached hydrogen (secondary N) is 2. The van der Waals surface area contributed by atoms with Gasteiger partial charge in [-0.15, -0.1) is 0 Å². The zero-order valence-electron chi connectivity index (χ0n) is 12.9. The fourth-order valence-corrected chi connectivity index (χ4v) is 2.72. The zero-order chi connectivity index (χ0) is 16.2. The molecule has 0 fully saturated rings. The van der Waals surface area contributed by atoms with Gasteiger partial charge >= 0.3 is 0 Å². The van der Waals surface area contributed by atoms with Gasteiger partial charge in [0.15, 0.2) is 0 Å². The number of nitrogens with zero attached hydrogens (tertiary/aromatic N) is 1. The van der Waals surface area contributed by atoms with E-state index >= 15 is 0 Å². The van der Waals surface area contributed by atoms with E-state index in [1.165, 1.54) is 0 Å². The van der Waals surface area contributed by atoms with Gasteiger partial charge in [-0.25, -0.2) is 0 Å². The van der Waals surface area contributed by atoms with Crippen LogP contribution < -0.4 is 10.6 Å². The summed E-state index contributed by atoms with van der Waals surface area (Å²) >= 11 is 0. The van der Waals surface area contributed by atoms with Gasteiger partial charge in [0.1, 0.15) is 11.5 Å². The number of hydrogen-bond donors (Lipinski definition) is 2. The highest BCUT2D eigenvalue weighted by Gasteiger charge is 2.26. The Bertz CT molecular complexity index is 728. The maximum absolute atomic E-state index is 12.1. The van der Waals surface area contributed by atoms with E-state index in [0.29, 0.717) is 31.0 Å². The lowest BCUT2D eigenvalue weighted by Crippen LogP contribution is -2.40. The number of hydrogen-bond acceptors (Lipinski definition) is 3. The van der Waals surface area contributed by atoms with E-state index in [1.807, 2.05) is 42.0 Å². The lowest BCUT2D eigenvalue weighted by molar-refractivity contribution is -0.122. The summed E-state index contributed by atoms with van der Waals surface area (Å²) in [4.78, 5) is 24.1. The van der Waals surface area contributed by atoms with Crippen LogP contribution in [0.3, 0.4) is 0 Å². The van der Waals surface area contributed by atoms with Crippen LogP contribution in [0.2, 0.25) is 0 Å². The monoisotopic (exact) mass is 313 g/mol. The summed E-state index contributed by atoms with van der Waals surface area (Å²) in [5, 5.41) is 5.67. The first kappa shape index (κ1) is 15.1. The summed E-state index contributed by atoms with van der Waals surface area (Å²) in [6.07, 6.45) is 7.65. The van der Waals surface area contributed by atoms with Crippen LogP contribution in [-0.2, 0) is 11.3 Å². The summed E-state index contributed by atoms with van der Waals surface area (Å²) in [5.41, 5.74) is 1.55. The topological polar surface area (TPSA) is 76.3 Å². The molecule has 0 bridgehead atoms. The van der Waals surface area contributed by atoms with Crippen LogP contribution in [0.5, 0.6) is 0 Å². The minimum absolute atomic E-state index is 0.0743. The fraction of sp³-hybridized carbons (Fsp3) is 0.294. The molecule has 3 heterocycles. The number of allylic oxidation sites excluding steroid dienone is 1. The molecule has 23 heavy (non-hydrogen) atoms. The number of rotatable bonds is 5. The molecular weight excluding hydrogens is 294 g/mol. The Morgan fingerprint density at radius 3 is 3.17 bits per heavy atom. The first-order valence-electron chi connectivity index (χ1n) is 7.59. The molecule has 1 unspecified atom stereocenters. The predicted molar refractivity (Wildman–Crippen MR) is 85.7 cm³/mol. The summed E-state index contributed by atoms with van der Waals surface area (Å²) in [6, 6.07) is 5.35. The standard InChI is InChI=1S/C17H19N3O3/c1-2-4-12-7-15-17(22)19-9-13(20(15)11-12)8-16(21)18-10-14-5-3-6-23-14/h2-7,11,13H,8-10H2,1H3,(H,18,21)(H,19,22)/b4-2+. The second-order valence-electron chi connectivity index (χ2n) is 5.49. The van der Waals surface area contributed by atoms with Crippen LogP contribution in [0.1, 0.15) is 41.2 Å². The number of aromatic nitrogens is 1. The summed E-state index contributed by atoms with van der Waals surface area (Å²) in [5.74, 6) is 0.537. The van der Waals surface area contributed by atoms with Crippen LogP contribution in [0.4, 0.5) is 0 Å². The van der Waals surface area contributed by atoms with Crippen molar-refractivity contribution in [3.8, 4) is 0 Å². The maximum atomic E-state index is 12.1. The van der Waals surface area contributed by atoms with E-state index in [9.17, 15) is 9.59 Å². The van der Waals surface area contributed by atoms with Gasteiger partial charge in [-0.05, 0) is 30.7 Å². The maximum Gasteiger partial charge on any atom is 0.268 e. The van der Waals surface area contributed by atoms with Gasteiger partial charge in [-0.1, -0.05) is 12.2 Å². The molecular formula is C17H19N3O3. The van der Waals surface area contributed by atoms with Gasteiger partial charge in [-0.2, -0.15) is 0 Å². The number of furan rings is 1. The summed E-state index contributed by atoms with van der Waals surface area (Å²) < 4.78 is 7.08. The molecule has 3 rings (SSSR count). The van der Waals surface area contributed by atoms with Gasteiger partial charge in [0.05, 0.1) is 18.8 Å². The van der Waals surface area contributed by atoms with Gasteiger partial charge in [0.25, 0.3) is 5.91 Å². The molecule has 0 saturated heterocycles. The highest BCUT2D eigenvalue weighted by atomic mass is 16.3. The van der Waals surface area contributed by atoms with E-state index < -0.39 is 0 Å². The molecule has 0 spiro atoms. The van der Waals surface area contributed by atoms with E-state index in [4.69, 9.17) is 4.42 Å². The average Bonchev–Trinajstić information content (AvgIpc) is 3.18. The molecule has 2 aromatic heterocycles. The van der Waals surface area contributed by atoms with Crippen molar-refractivity contribution in [1.82, 2.24) is 15.2 Å². The van der Waals surface area contributed by atoms with E-state index in [0.717, 1.165) is 5.56 Å². The van der Waals surface area contributed by atoms with Crippen molar-refractivity contribution in [2.45, 2.75) is 25.9 Å². The Balaban J connectivity index is 1.68. The van der Waals surface area contributed by atoms with Crippen LogP contribution >= 0.6 is 0 Å². The fourth-order valence-electron chi connectivity index (χ4n) is 2.72. The molecule has 0 radical (unpaired) electrons. The zero-order valence-corrected chi connectivity index (χ0v) is 12.9. The molecule has 0 aliphatic carbocycles. The molecule has 2 amide bonds. The largest absolute Gasteiger partial charge is 0.467 e. The molecule has 120 valence electrons. The van der Waals surface area contributed by atoms with Crippen LogP contribution in [0, 0.1) is 0 Å². The van der Waals surface area contributed by atoms with Crippen molar-refractivity contribution in [1.29, 1.82) is 0 Å². The number of amides is 2. The number of fused-ring (bicyclic) bond motifs is 1. The van der Waals surface area contributed by atoms with Crippen LogP contribution in [0.15, 0.2) is 41.2 Å². The Morgan fingerprint density at radius 1 is 1.57 bits per heavy atom. The van der Waals surface area contributed by atoms with Crippen molar-refractivity contribution in [3.05, 3.63) is 53.8 Å². The lowest BCUT2D eigenvalue weighted by Gasteiger charge is -2.26. The SMILES string of the molecule is C/C=C/c1cc2n(c1)C(CC(=O)NCc1ccco1)CNC2=O. The molecule has 0 aromatic carbocycles.